The third kappa shape index (κ3) is 15.7. The Hall–Kier alpha value is -5.62. The number of benzene rings is 2. The van der Waals surface area contributed by atoms with Crippen LogP contribution < -0.4 is 31.3 Å². The molecule has 0 saturated carbocycles. The van der Waals surface area contributed by atoms with Crippen molar-refractivity contribution in [3.8, 4) is 5.75 Å². The summed E-state index contributed by atoms with van der Waals surface area (Å²) in [4.78, 5) is 99.3. The molecule has 0 bridgehead atoms. The molecule has 2 unspecified atom stereocenters. The number of imide groups is 1. The van der Waals surface area contributed by atoms with Crippen LogP contribution in [0.1, 0.15) is 106 Å². The lowest BCUT2D eigenvalue weighted by Crippen LogP contribution is -2.76. The van der Waals surface area contributed by atoms with Crippen molar-refractivity contribution in [2.24, 2.45) is 5.92 Å². The number of hydrogen-bond donors (Lipinski definition) is 7. The molecule has 4 heterocycles. The minimum atomic E-state index is -2.22. The number of amides is 7. The van der Waals surface area contributed by atoms with Crippen molar-refractivity contribution in [3.63, 3.8) is 0 Å². The van der Waals surface area contributed by atoms with Gasteiger partial charge in [-0.1, -0.05) is 80.3 Å². The molecule has 6 rings (SSSR count). The highest BCUT2D eigenvalue weighted by molar-refractivity contribution is 14.1. The van der Waals surface area contributed by atoms with Crippen LogP contribution in [0.25, 0.3) is 6.08 Å². The smallest absolute Gasteiger partial charge is 0.411 e. The minimum Gasteiger partial charge on any atom is -0.444 e. The largest absolute Gasteiger partial charge is 0.444 e. The fraction of sp³-hybridized carbons (Fsp3) is 0.490. The van der Waals surface area contributed by atoms with Crippen molar-refractivity contribution in [2.45, 2.75) is 111 Å². The Kier molecular flexibility index (Phi) is 20.8. The molecule has 3 saturated heterocycles. The molecule has 2 atom stereocenters. The van der Waals surface area contributed by atoms with Gasteiger partial charge in [0.2, 0.25) is 29.5 Å². The Bertz CT molecular complexity index is 2420. The molecule has 3 aliphatic heterocycles. The van der Waals surface area contributed by atoms with Crippen molar-refractivity contribution in [2.75, 3.05) is 49.9 Å². The quantitative estimate of drug-likeness (QED) is 0.0134. The van der Waals surface area contributed by atoms with Gasteiger partial charge in [0.05, 0.1) is 13.7 Å². The number of likely N-dealkylation sites (tertiary alicyclic amines) is 2. The number of ether oxygens (including phenoxy) is 2. The van der Waals surface area contributed by atoms with Gasteiger partial charge in [-0.05, 0) is 91.6 Å². The number of nitrogens with zero attached hydrogens (tertiary/aromatic N) is 3. The number of hydrogen-bond acceptors (Lipinski definition) is 14. The van der Waals surface area contributed by atoms with Crippen molar-refractivity contribution in [1.82, 2.24) is 30.7 Å². The second-order valence-corrected chi connectivity index (χ2v) is 22.5. The van der Waals surface area contributed by atoms with Gasteiger partial charge >= 0.3 is 12.6 Å². The van der Waals surface area contributed by atoms with Gasteiger partial charge < -0.3 is 45.9 Å². The zero-order chi connectivity index (χ0) is 51.7. The predicted octanol–water partition coefficient (Wildman–Crippen LogP) is 5.71. The minimum absolute atomic E-state index is 0.0121. The number of halogens is 1. The predicted molar refractivity (Wildman–Crippen MR) is 281 cm³/mol. The van der Waals surface area contributed by atoms with Crippen LogP contribution in [-0.2, 0) is 35.3 Å². The van der Waals surface area contributed by atoms with E-state index in [-0.39, 0.29) is 71.0 Å². The van der Waals surface area contributed by atoms with Gasteiger partial charge in [0.15, 0.2) is 5.54 Å². The maximum Gasteiger partial charge on any atom is 0.411 e. The summed E-state index contributed by atoms with van der Waals surface area (Å²) in [6.07, 6.45) is 13.9. The Morgan fingerprint density at radius 3 is 2.47 bits per heavy atom. The molecule has 3 aliphatic rings. The van der Waals surface area contributed by atoms with Crippen LogP contribution >= 0.6 is 34.4 Å². The summed E-state index contributed by atoms with van der Waals surface area (Å²) in [5.74, 6) is -1.83. The van der Waals surface area contributed by atoms with Crippen LogP contribution in [0.5, 0.6) is 5.75 Å². The van der Waals surface area contributed by atoms with E-state index in [0.717, 1.165) is 68.3 Å². The summed E-state index contributed by atoms with van der Waals surface area (Å²) in [6.45, 7) is 3.53. The highest BCUT2D eigenvalue weighted by Crippen LogP contribution is 2.47. The van der Waals surface area contributed by atoms with Gasteiger partial charge in [0, 0.05) is 81.8 Å². The lowest BCUT2D eigenvalue weighted by atomic mass is 9.89. The maximum absolute atomic E-state index is 13.7. The number of carbonyl (C=O) groups excluding carboxylic acids is 7. The monoisotopic (exact) mass is 1120 g/mol. The number of rotatable bonds is 25. The number of unbranched alkanes of at least 4 members (excludes halogenated alkanes) is 2. The lowest BCUT2D eigenvalue weighted by molar-refractivity contribution is -0.179. The number of thioether (sulfide) groups is 1. The maximum atomic E-state index is 13.7. The SMILES string of the molecule is CCCCC(I)(CC)SC1CC(=O)N(C2(C(=O)NCCC(=O)Nc3cc(COC(=O)Nc4cccc(C(=O)N5CCC(CCCCNC(=O)/C=C/c6cccnc6)CC5)c4)ccc3OC(O)O)CNC2)C1=O. The van der Waals surface area contributed by atoms with Crippen molar-refractivity contribution >= 4 is 93.3 Å². The van der Waals surface area contributed by atoms with E-state index in [4.69, 9.17) is 9.47 Å². The molecule has 7 amide bonds. The van der Waals surface area contributed by atoms with E-state index >= 15 is 0 Å². The molecule has 3 fully saturated rings. The lowest BCUT2D eigenvalue weighted by Gasteiger charge is -2.46. The van der Waals surface area contributed by atoms with Gasteiger partial charge in [-0.25, -0.2) is 4.79 Å². The summed E-state index contributed by atoms with van der Waals surface area (Å²) >= 11 is 3.87. The van der Waals surface area contributed by atoms with Crippen LogP contribution in [0.15, 0.2) is 73.1 Å². The van der Waals surface area contributed by atoms with Gasteiger partial charge in [-0.2, -0.15) is 0 Å². The Balaban J connectivity index is 0.928. The van der Waals surface area contributed by atoms with Crippen LogP contribution in [0.2, 0.25) is 0 Å². The van der Waals surface area contributed by atoms with E-state index in [2.05, 4.69) is 68.0 Å². The third-order valence-corrected chi connectivity index (χ3v) is 16.5. The number of anilines is 2. The number of pyridine rings is 1. The van der Waals surface area contributed by atoms with Gasteiger partial charge in [0.25, 0.3) is 5.91 Å². The van der Waals surface area contributed by atoms with Gasteiger partial charge in [-0.3, -0.25) is 44.0 Å². The summed E-state index contributed by atoms with van der Waals surface area (Å²) < 4.78 is 10.3. The number of piperidine rings is 1. The highest BCUT2D eigenvalue weighted by Gasteiger charge is 2.58. The third-order valence-electron chi connectivity index (χ3n) is 12.8. The average Bonchev–Trinajstić information content (AvgIpc) is 3.62. The van der Waals surface area contributed by atoms with Crippen LogP contribution in [0.4, 0.5) is 16.2 Å². The zero-order valence-electron chi connectivity index (χ0n) is 40.7. The van der Waals surface area contributed by atoms with Crippen molar-refractivity contribution in [3.05, 3.63) is 89.8 Å². The Morgan fingerprint density at radius 2 is 1.78 bits per heavy atom. The molecule has 72 heavy (non-hydrogen) atoms. The van der Waals surface area contributed by atoms with E-state index in [9.17, 15) is 43.8 Å². The number of aromatic nitrogens is 1. The molecule has 0 radical (unpaired) electrons. The van der Waals surface area contributed by atoms with E-state index in [1.165, 1.54) is 36.0 Å². The summed E-state index contributed by atoms with van der Waals surface area (Å²) in [6, 6.07) is 14.5. The zero-order valence-corrected chi connectivity index (χ0v) is 43.6. The second-order valence-electron chi connectivity index (χ2n) is 18.1. The molecular weight excluding hydrogens is 1060 g/mol. The fourth-order valence-electron chi connectivity index (χ4n) is 8.71. The van der Waals surface area contributed by atoms with E-state index in [1.54, 1.807) is 42.7 Å². The van der Waals surface area contributed by atoms with Crippen LogP contribution in [-0.4, -0.2) is 126 Å². The number of aliphatic hydroxyl groups is 2. The Labute approximate surface area is 437 Å². The summed E-state index contributed by atoms with van der Waals surface area (Å²) in [5, 5.41) is 32.4. The molecular formula is C51H65IN8O11S. The first-order valence-electron chi connectivity index (χ1n) is 24.5. The van der Waals surface area contributed by atoms with Gasteiger partial charge in [0.1, 0.15) is 12.4 Å². The number of carbonyl (C=O) groups is 7. The molecule has 1 aromatic heterocycles. The summed E-state index contributed by atoms with van der Waals surface area (Å²) in [7, 11) is 0. The van der Waals surface area contributed by atoms with E-state index in [0.29, 0.717) is 42.4 Å². The molecule has 0 aliphatic carbocycles. The number of nitrogens with one attached hydrogen (secondary N) is 5. The van der Waals surface area contributed by atoms with E-state index < -0.39 is 41.1 Å². The van der Waals surface area contributed by atoms with Crippen LogP contribution in [0.3, 0.4) is 0 Å². The topological polar surface area (TPSA) is 258 Å². The molecule has 388 valence electrons. The van der Waals surface area contributed by atoms with Crippen molar-refractivity contribution < 1.29 is 53.2 Å². The molecule has 2 aromatic carbocycles. The molecule has 3 aromatic rings. The standard InChI is InChI=1S/C51H65IN8O11S/c1-3-5-21-51(52,4-2)72-41-29-44(63)60(46(41)65)50(32-54-33-50)47(66)56-24-18-43(62)58-39-27-36(14-16-40(39)71-49(68)69)31-70-48(67)57-38-13-8-12-37(28-38)45(64)59-25-19-34(20-26-59)10-6-7-23-55-42(61)17-15-35-11-9-22-53-30-35/h8-9,11-17,22,27-28,30,34,41,49,54,68-69H,3-7,10,18-21,23-26,29,31-33H2,1-2H3,(H,55,61)(H,56,66)(H,57,67)(H,58,62)/b17-15+. The highest BCUT2D eigenvalue weighted by atomic mass is 127. The molecule has 7 N–H and O–H groups in total. The first-order valence-corrected chi connectivity index (χ1v) is 26.4. The Morgan fingerprint density at radius 1 is 0.986 bits per heavy atom. The number of alkyl halides is 1. The first kappa shape index (κ1) is 55.7. The van der Waals surface area contributed by atoms with E-state index in [1.807, 2.05) is 17.0 Å². The first-order chi connectivity index (χ1) is 34.6. The van der Waals surface area contributed by atoms with Crippen LogP contribution in [0, 0.1) is 5.92 Å². The fourth-order valence-corrected chi connectivity index (χ4v) is 11.4. The molecule has 21 heteroatoms. The average molecular weight is 1130 g/mol. The normalized spacial score (nSPS) is 17.6. The van der Waals surface area contributed by atoms with Crippen molar-refractivity contribution in [1.29, 1.82) is 0 Å². The number of aliphatic hydroxyl groups excluding tert-OH is 1. The van der Waals surface area contributed by atoms with Gasteiger partial charge in [-0.15, -0.1) is 11.8 Å². The summed E-state index contributed by atoms with van der Waals surface area (Å²) in [5.41, 5.74) is 0.635. The molecule has 19 nitrogen and oxygen atoms in total. The molecule has 0 spiro atoms. The second kappa shape index (κ2) is 26.9.